The number of ketones is 2. The first-order valence-corrected chi connectivity index (χ1v) is 12.4. The Morgan fingerprint density at radius 3 is 1.14 bits per heavy atom. The zero-order valence-electron chi connectivity index (χ0n) is 22.1. The van der Waals surface area contributed by atoms with E-state index in [9.17, 15) is 9.59 Å². The molecule has 0 unspecified atom stereocenters. The fourth-order valence-corrected chi connectivity index (χ4v) is 4.47. The van der Waals surface area contributed by atoms with E-state index in [-0.39, 0.29) is 22.4 Å². The highest BCUT2D eigenvalue weighted by molar-refractivity contribution is 6.31. The van der Waals surface area contributed by atoms with Crippen LogP contribution in [-0.4, -0.2) is 11.6 Å². The Bertz CT molecular complexity index is 1270. The summed E-state index contributed by atoms with van der Waals surface area (Å²) >= 11 is 0. The van der Waals surface area contributed by atoms with E-state index >= 15 is 0 Å². The number of rotatable bonds is 3. The molecule has 0 bridgehead atoms. The maximum absolute atomic E-state index is 13.4. The summed E-state index contributed by atoms with van der Waals surface area (Å²) in [6.45, 7) is 12.4. The number of carbonyl (C=O) groups excluding carboxylic acids is 2. The van der Waals surface area contributed by atoms with Crippen LogP contribution in [-0.2, 0) is 9.59 Å². The quantitative estimate of drug-likeness (QED) is 0.450. The molecule has 0 spiro atoms. The van der Waals surface area contributed by atoms with Gasteiger partial charge in [0, 0.05) is 22.3 Å². The van der Waals surface area contributed by atoms with Gasteiger partial charge in [0.2, 0.25) is 0 Å². The van der Waals surface area contributed by atoms with Gasteiger partial charge in [0.15, 0.2) is 11.6 Å². The summed E-state index contributed by atoms with van der Waals surface area (Å²) in [5.74, 6) is 0.144. The minimum Gasteiger partial charge on any atom is -0.289 e. The first-order valence-electron chi connectivity index (χ1n) is 12.4. The summed E-state index contributed by atoms with van der Waals surface area (Å²) in [6.07, 6.45) is 12.0. The maximum Gasteiger partial charge on any atom is 0.190 e. The molecular formula is C34H34O2. The molecule has 182 valence electrons. The van der Waals surface area contributed by atoms with E-state index < -0.39 is 0 Å². The molecule has 2 aromatic carbocycles. The number of allylic oxidation sites excluding steroid dienone is 12. The van der Waals surface area contributed by atoms with Gasteiger partial charge in [-0.05, 0) is 57.4 Å². The Hall–Kier alpha value is -3.78. The summed E-state index contributed by atoms with van der Waals surface area (Å²) in [4.78, 5) is 26.8. The van der Waals surface area contributed by atoms with Crippen molar-refractivity contribution in [3.63, 3.8) is 0 Å². The van der Waals surface area contributed by atoms with Gasteiger partial charge in [-0.25, -0.2) is 0 Å². The minimum absolute atomic E-state index is 0.0722. The number of hydrogen-bond acceptors (Lipinski definition) is 2. The molecule has 0 heterocycles. The Kier molecular flexibility index (Phi) is 6.82. The van der Waals surface area contributed by atoms with Crippen molar-refractivity contribution in [2.24, 2.45) is 10.8 Å². The van der Waals surface area contributed by atoms with Gasteiger partial charge in [-0.1, -0.05) is 114 Å². The third-order valence-electron chi connectivity index (χ3n) is 6.48. The Balaban J connectivity index is 1.84. The molecule has 2 nitrogen and oxygen atoms in total. The summed E-state index contributed by atoms with van der Waals surface area (Å²) < 4.78 is 0. The zero-order valence-corrected chi connectivity index (χ0v) is 22.1. The maximum atomic E-state index is 13.4. The van der Waals surface area contributed by atoms with Crippen LogP contribution < -0.4 is 0 Å². The smallest absolute Gasteiger partial charge is 0.190 e. The lowest BCUT2D eigenvalue weighted by atomic mass is 9.76. The summed E-state index contributed by atoms with van der Waals surface area (Å²) in [5.41, 5.74) is 6.18. The van der Waals surface area contributed by atoms with Crippen LogP contribution >= 0.6 is 0 Å². The second kappa shape index (κ2) is 9.70. The molecule has 0 fully saturated rings. The molecular weight excluding hydrogens is 440 g/mol. The molecule has 2 aromatic rings. The van der Waals surface area contributed by atoms with Gasteiger partial charge in [0.25, 0.3) is 0 Å². The van der Waals surface area contributed by atoms with Crippen molar-refractivity contribution in [1.82, 2.24) is 0 Å². The third kappa shape index (κ3) is 5.39. The average molecular weight is 475 g/mol. The number of hydrogen-bond donors (Lipinski definition) is 0. The van der Waals surface area contributed by atoms with E-state index in [1.807, 2.05) is 97.1 Å². The van der Waals surface area contributed by atoms with E-state index in [0.717, 1.165) is 33.4 Å². The van der Waals surface area contributed by atoms with E-state index in [2.05, 4.69) is 41.5 Å². The fourth-order valence-electron chi connectivity index (χ4n) is 4.47. The van der Waals surface area contributed by atoms with Crippen LogP contribution in [0.4, 0.5) is 0 Å². The molecule has 0 saturated heterocycles. The van der Waals surface area contributed by atoms with Crippen LogP contribution in [0.5, 0.6) is 0 Å². The van der Waals surface area contributed by atoms with Crippen molar-refractivity contribution >= 4 is 22.7 Å². The predicted molar refractivity (Wildman–Crippen MR) is 150 cm³/mol. The SMILES string of the molecule is CC(C)(C)C1=C/C(=C/C=C2/C=C(c3ccccc3)C(=O)C(C(C)(C)C)=C2)C=C(c2ccccc2)C1=O. The van der Waals surface area contributed by atoms with Crippen molar-refractivity contribution in [2.45, 2.75) is 41.5 Å². The fraction of sp³-hybridized carbons (Fsp3) is 0.235. The lowest BCUT2D eigenvalue weighted by molar-refractivity contribution is -0.112. The number of benzene rings is 2. The normalized spacial score (nSPS) is 19.2. The van der Waals surface area contributed by atoms with Crippen molar-refractivity contribution in [3.8, 4) is 0 Å². The van der Waals surface area contributed by atoms with Gasteiger partial charge in [-0.15, -0.1) is 0 Å². The molecule has 0 saturated carbocycles. The van der Waals surface area contributed by atoms with Gasteiger partial charge in [0.05, 0.1) is 0 Å². The molecule has 0 radical (unpaired) electrons. The first-order chi connectivity index (χ1) is 16.9. The average Bonchev–Trinajstić information content (AvgIpc) is 2.83. The first kappa shape index (κ1) is 25.3. The molecule has 36 heavy (non-hydrogen) atoms. The Morgan fingerprint density at radius 1 is 0.500 bits per heavy atom. The van der Waals surface area contributed by atoms with Crippen molar-refractivity contribution < 1.29 is 9.59 Å². The van der Waals surface area contributed by atoms with E-state index in [4.69, 9.17) is 0 Å². The molecule has 0 aliphatic heterocycles. The van der Waals surface area contributed by atoms with Crippen LogP contribution in [0.3, 0.4) is 0 Å². The largest absolute Gasteiger partial charge is 0.289 e. The topological polar surface area (TPSA) is 34.1 Å². The van der Waals surface area contributed by atoms with Crippen molar-refractivity contribution in [1.29, 1.82) is 0 Å². The summed E-state index contributed by atoms with van der Waals surface area (Å²) in [6, 6.07) is 19.6. The number of carbonyl (C=O) groups is 2. The van der Waals surface area contributed by atoms with E-state index in [1.165, 1.54) is 0 Å². The lowest BCUT2D eigenvalue weighted by Gasteiger charge is -2.27. The zero-order chi connectivity index (χ0) is 26.1. The van der Waals surface area contributed by atoms with Crippen molar-refractivity contribution in [2.75, 3.05) is 0 Å². The van der Waals surface area contributed by atoms with E-state index in [0.29, 0.717) is 11.1 Å². The molecule has 0 amide bonds. The van der Waals surface area contributed by atoms with Gasteiger partial charge >= 0.3 is 0 Å². The minimum atomic E-state index is -0.283. The molecule has 2 aliphatic carbocycles. The molecule has 0 aromatic heterocycles. The Morgan fingerprint density at radius 2 is 0.833 bits per heavy atom. The van der Waals surface area contributed by atoms with Crippen LogP contribution in [0.1, 0.15) is 52.7 Å². The second-order valence-electron chi connectivity index (χ2n) is 11.5. The van der Waals surface area contributed by atoms with Crippen LogP contribution in [0, 0.1) is 10.8 Å². The standard InChI is InChI=1S/C34H34O2/c1-33(2,3)29-21-23(19-27(31(29)35)25-13-9-7-10-14-25)17-18-24-20-28(26-15-11-8-12-16-26)32(36)30(22-24)34(4,5)6/h7-22H,1-6H3/b23-17-,24-18+. The molecule has 2 heteroatoms. The molecule has 4 rings (SSSR count). The van der Waals surface area contributed by atoms with Gasteiger partial charge < -0.3 is 0 Å². The summed E-state index contributed by atoms with van der Waals surface area (Å²) in [7, 11) is 0. The van der Waals surface area contributed by atoms with Crippen LogP contribution in [0.25, 0.3) is 11.1 Å². The second-order valence-corrected chi connectivity index (χ2v) is 11.5. The Labute approximate surface area is 215 Å². The number of Topliss-reactive ketones (excluding diaryl/α,β-unsaturated/α-hetero) is 2. The van der Waals surface area contributed by atoms with Crippen LogP contribution in [0.15, 0.2) is 119 Å². The highest BCUT2D eigenvalue weighted by atomic mass is 16.1. The van der Waals surface area contributed by atoms with Gasteiger partial charge in [0.1, 0.15) is 0 Å². The highest BCUT2D eigenvalue weighted by Crippen LogP contribution is 2.38. The van der Waals surface area contributed by atoms with Gasteiger partial charge in [-0.3, -0.25) is 9.59 Å². The third-order valence-corrected chi connectivity index (χ3v) is 6.48. The monoisotopic (exact) mass is 474 g/mol. The lowest BCUT2D eigenvalue weighted by Crippen LogP contribution is -2.22. The van der Waals surface area contributed by atoms with Crippen LogP contribution in [0.2, 0.25) is 0 Å². The summed E-state index contributed by atoms with van der Waals surface area (Å²) in [5, 5.41) is 0. The van der Waals surface area contributed by atoms with E-state index in [1.54, 1.807) is 0 Å². The van der Waals surface area contributed by atoms with Gasteiger partial charge in [-0.2, -0.15) is 0 Å². The molecule has 0 N–H and O–H groups in total. The van der Waals surface area contributed by atoms with Crippen molar-refractivity contribution in [3.05, 3.63) is 131 Å². The molecule has 0 atom stereocenters. The molecule has 2 aliphatic rings. The highest BCUT2D eigenvalue weighted by Gasteiger charge is 2.31. The predicted octanol–water partition coefficient (Wildman–Crippen LogP) is 8.12.